The smallest absolute Gasteiger partial charge is 0.222 e. The fraction of sp³-hybridized carbons (Fsp3) is 0.545. The number of carbonyl (C=O) groups excluding carboxylic acids is 1. The third-order valence-corrected chi connectivity index (χ3v) is 6.23. The number of hydrogen-bond donors (Lipinski definition) is 1. The van der Waals surface area contributed by atoms with Crippen LogP contribution in [0.25, 0.3) is 0 Å². The molecule has 4 rings (SSSR count). The van der Waals surface area contributed by atoms with E-state index in [4.69, 9.17) is 0 Å². The van der Waals surface area contributed by atoms with Gasteiger partial charge in [0.25, 0.3) is 0 Å². The van der Waals surface area contributed by atoms with Gasteiger partial charge in [-0.2, -0.15) is 0 Å². The number of likely N-dealkylation sites (tertiary alicyclic amines) is 2. The molecule has 0 radical (unpaired) electrons. The van der Waals surface area contributed by atoms with Crippen LogP contribution in [0.4, 0.5) is 5.95 Å². The first-order chi connectivity index (χ1) is 14.2. The van der Waals surface area contributed by atoms with Crippen molar-refractivity contribution in [3.63, 3.8) is 0 Å². The Morgan fingerprint density at radius 2 is 1.76 bits per heavy atom. The van der Waals surface area contributed by atoms with Crippen LogP contribution in [0.15, 0.2) is 36.9 Å². The summed E-state index contributed by atoms with van der Waals surface area (Å²) >= 11 is 0. The van der Waals surface area contributed by atoms with Gasteiger partial charge in [0.05, 0.1) is 0 Å². The van der Waals surface area contributed by atoms with Gasteiger partial charge in [0.2, 0.25) is 11.9 Å². The molecule has 0 atom stereocenters. The van der Waals surface area contributed by atoms with E-state index in [1.54, 1.807) is 12.4 Å². The number of aromatic nitrogens is 3. The molecule has 154 valence electrons. The van der Waals surface area contributed by atoms with Crippen LogP contribution in [0.2, 0.25) is 0 Å². The highest BCUT2D eigenvalue weighted by molar-refractivity contribution is 5.77. The zero-order valence-electron chi connectivity index (χ0n) is 17.2. The zero-order chi connectivity index (χ0) is 20.1. The maximum absolute atomic E-state index is 12.5. The molecule has 0 aliphatic carbocycles. The first-order valence-electron chi connectivity index (χ1n) is 10.6. The van der Waals surface area contributed by atoms with E-state index in [-0.39, 0.29) is 11.3 Å². The Labute approximate surface area is 172 Å². The fourth-order valence-electron chi connectivity index (χ4n) is 4.49. The summed E-state index contributed by atoms with van der Waals surface area (Å²) in [5.74, 6) is 0.975. The third kappa shape index (κ3) is 4.90. The van der Waals surface area contributed by atoms with Gasteiger partial charge < -0.3 is 10.2 Å². The van der Waals surface area contributed by atoms with Crippen LogP contribution in [0.3, 0.4) is 0 Å². The van der Waals surface area contributed by atoms with Crippen LogP contribution in [-0.4, -0.2) is 56.8 Å². The fourth-order valence-corrected chi connectivity index (χ4v) is 4.49. The van der Waals surface area contributed by atoms with Gasteiger partial charge in [-0.05, 0) is 62.4 Å². The van der Waals surface area contributed by atoms with Crippen molar-refractivity contribution in [2.24, 2.45) is 5.41 Å². The lowest BCUT2D eigenvalue weighted by Gasteiger charge is -2.47. The number of nitrogens with one attached hydrogen (secondary N) is 1. The van der Waals surface area contributed by atoms with Crippen LogP contribution < -0.4 is 5.32 Å². The van der Waals surface area contributed by atoms with Crippen LogP contribution in [0.1, 0.15) is 43.7 Å². The van der Waals surface area contributed by atoms with Gasteiger partial charge in [0.15, 0.2) is 0 Å². The molecule has 2 aromatic heterocycles. The molecule has 0 unspecified atom stereocenters. The van der Waals surface area contributed by atoms with E-state index < -0.39 is 0 Å². The number of hydrogen-bond acceptors (Lipinski definition) is 6. The topological polar surface area (TPSA) is 74.2 Å². The number of nitrogens with zero attached hydrogens (tertiary/aromatic N) is 5. The van der Waals surface area contributed by atoms with E-state index in [1.165, 1.54) is 0 Å². The Hall–Kier alpha value is -2.54. The normalized spacial score (nSPS) is 19.5. The molecule has 2 aliphatic rings. The second kappa shape index (κ2) is 8.86. The molecule has 0 saturated carbocycles. The van der Waals surface area contributed by atoms with E-state index >= 15 is 0 Å². The zero-order valence-corrected chi connectivity index (χ0v) is 17.2. The van der Waals surface area contributed by atoms with Crippen molar-refractivity contribution in [1.82, 2.24) is 24.8 Å². The SMILES string of the molecule is CCNc1ncc(CN2CCC3(CCC(=O)N(Cc4ccncc4)C3)CC2)cn1. The minimum absolute atomic E-state index is 0.267. The van der Waals surface area contributed by atoms with Crippen LogP contribution in [0.5, 0.6) is 0 Å². The first-order valence-corrected chi connectivity index (χ1v) is 10.6. The summed E-state index contributed by atoms with van der Waals surface area (Å²) in [4.78, 5) is 29.9. The van der Waals surface area contributed by atoms with Gasteiger partial charge in [0, 0.05) is 63.0 Å². The van der Waals surface area contributed by atoms with Gasteiger partial charge in [-0.1, -0.05) is 0 Å². The minimum Gasteiger partial charge on any atom is -0.355 e. The Kier molecular flexibility index (Phi) is 6.04. The average Bonchev–Trinajstić information content (AvgIpc) is 2.75. The highest BCUT2D eigenvalue weighted by atomic mass is 16.2. The molecule has 1 N–H and O–H groups in total. The standard InChI is InChI=1S/C22H30N6O/c1-2-24-21-25-13-19(14-26-21)15-27-11-7-22(8-12-27)6-3-20(29)28(17-22)16-18-4-9-23-10-5-18/h4-5,9-10,13-14H,2-3,6-8,11-12,15-17H2,1H3,(H,24,25,26). The van der Waals surface area contributed by atoms with E-state index in [9.17, 15) is 4.79 Å². The highest BCUT2D eigenvalue weighted by Gasteiger charge is 2.40. The lowest BCUT2D eigenvalue weighted by molar-refractivity contribution is -0.140. The Bertz CT molecular complexity index is 802. The van der Waals surface area contributed by atoms with E-state index in [1.807, 2.05) is 31.5 Å². The van der Waals surface area contributed by atoms with Crippen LogP contribution in [-0.2, 0) is 17.9 Å². The molecule has 7 heteroatoms. The summed E-state index contributed by atoms with van der Waals surface area (Å²) in [5.41, 5.74) is 2.58. The minimum atomic E-state index is 0.267. The second-order valence-corrected chi connectivity index (χ2v) is 8.33. The van der Waals surface area contributed by atoms with Gasteiger partial charge >= 0.3 is 0 Å². The Morgan fingerprint density at radius 1 is 1.03 bits per heavy atom. The highest BCUT2D eigenvalue weighted by Crippen LogP contribution is 2.40. The number of amides is 1. The monoisotopic (exact) mass is 394 g/mol. The van der Waals surface area contributed by atoms with E-state index in [0.29, 0.717) is 18.9 Å². The molecule has 4 heterocycles. The summed E-state index contributed by atoms with van der Waals surface area (Å²) in [5, 5.41) is 3.13. The van der Waals surface area contributed by atoms with Gasteiger partial charge in [0.1, 0.15) is 0 Å². The summed E-state index contributed by atoms with van der Waals surface area (Å²) in [7, 11) is 0. The van der Waals surface area contributed by atoms with Crippen molar-refractivity contribution in [2.75, 3.05) is 31.5 Å². The molecule has 1 amide bonds. The summed E-state index contributed by atoms with van der Waals surface area (Å²) in [6, 6.07) is 4.00. The number of anilines is 1. The predicted octanol–water partition coefficient (Wildman–Crippen LogP) is 2.71. The number of carbonyl (C=O) groups is 1. The molecule has 2 saturated heterocycles. The molecule has 0 bridgehead atoms. The van der Waals surface area contributed by atoms with E-state index in [2.05, 4.69) is 30.1 Å². The Morgan fingerprint density at radius 3 is 2.45 bits per heavy atom. The Balaban J connectivity index is 1.32. The number of piperidine rings is 2. The van der Waals surface area contributed by atoms with Crippen molar-refractivity contribution in [1.29, 1.82) is 0 Å². The lowest BCUT2D eigenvalue weighted by Crippen LogP contribution is -2.51. The molecule has 1 spiro atoms. The van der Waals surface area contributed by atoms with Gasteiger partial charge in [-0.15, -0.1) is 0 Å². The van der Waals surface area contributed by atoms with Gasteiger partial charge in [-0.3, -0.25) is 14.7 Å². The molecular formula is C22H30N6O. The molecule has 2 aromatic rings. The van der Waals surface area contributed by atoms with Crippen molar-refractivity contribution < 1.29 is 4.79 Å². The number of rotatable bonds is 6. The molecule has 0 aromatic carbocycles. The lowest BCUT2D eigenvalue weighted by atomic mass is 9.72. The molecule has 7 nitrogen and oxygen atoms in total. The van der Waals surface area contributed by atoms with Crippen molar-refractivity contribution >= 4 is 11.9 Å². The molecular weight excluding hydrogens is 364 g/mol. The van der Waals surface area contributed by atoms with Crippen molar-refractivity contribution in [3.05, 3.63) is 48.0 Å². The van der Waals surface area contributed by atoms with Crippen molar-refractivity contribution in [3.8, 4) is 0 Å². The maximum atomic E-state index is 12.5. The van der Waals surface area contributed by atoms with Crippen LogP contribution in [0, 0.1) is 5.41 Å². The van der Waals surface area contributed by atoms with Crippen LogP contribution >= 0.6 is 0 Å². The second-order valence-electron chi connectivity index (χ2n) is 8.33. The summed E-state index contributed by atoms with van der Waals surface area (Å²) in [6.07, 6.45) is 11.4. The number of pyridine rings is 1. The van der Waals surface area contributed by atoms with Gasteiger partial charge in [-0.25, -0.2) is 9.97 Å². The molecule has 29 heavy (non-hydrogen) atoms. The predicted molar refractivity (Wildman–Crippen MR) is 112 cm³/mol. The largest absolute Gasteiger partial charge is 0.355 e. The first kappa shape index (κ1) is 19.8. The van der Waals surface area contributed by atoms with Crippen molar-refractivity contribution in [2.45, 2.75) is 45.7 Å². The molecule has 2 aliphatic heterocycles. The maximum Gasteiger partial charge on any atom is 0.222 e. The molecule has 2 fully saturated rings. The quantitative estimate of drug-likeness (QED) is 0.812. The average molecular weight is 395 g/mol. The third-order valence-electron chi connectivity index (χ3n) is 6.23. The summed E-state index contributed by atoms with van der Waals surface area (Å²) < 4.78 is 0. The summed E-state index contributed by atoms with van der Waals surface area (Å²) in [6.45, 7) is 7.46. The van der Waals surface area contributed by atoms with E-state index in [0.717, 1.165) is 63.1 Å².